The van der Waals surface area contributed by atoms with Gasteiger partial charge in [0.05, 0.1) is 50.6 Å². The van der Waals surface area contributed by atoms with E-state index >= 15 is 0 Å². The van der Waals surface area contributed by atoms with Crippen molar-refractivity contribution >= 4 is 64.1 Å². The van der Waals surface area contributed by atoms with E-state index < -0.39 is 11.2 Å². The Morgan fingerprint density at radius 3 is 0.846 bits per heavy atom. The second-order valence-electron chi connectivity index (χ2n) is 39.5. The molecule has 706 valence electrons. The highest BCUT2D eigenvalue weighted by atomic mass is 16.5. The fourth-order valence-corrected chi connectivity index (χ4v) is 23.0. The van der Waals surface area contributed by atoms with Gasteiger partial charge in [-0.3, -0.25) is 0 Å². The number of para-hydroxylation sites is 3. The maximum Gasteiger partial charge on any atom is 0.265 e. The van der Waals surface area contributed by atoms with Crippen molar-refractivity contribution < 1.29 is 18.9 Å². The molecule has 0 N–H and O–H groups in total. The minimum Gasteiger partial charge on any atom is -0.487 e. The molecule has 0 aromatic heterocycles. The summed E-state index contributed by atoms with van der Waals surface area (Å²) < 4.78 is 26.1. The number of aryl methyl sites for hydroxylation is 3. The summed E-state index contributed by atoms with van der Waals surface area (Å²) >= 11 is 0. The molecule has 0 atom stereocenters. The molecule has 16 nitrogen and oxygen atoms in total. The Balaban J connectivity index is 0.000000121. The predicted molar refractivity (Wildman–Crippen MR) is 570 cm³/mol. The lowest BCUT2D eigenvalue weighted by Gasteiger charge is -2.41. The first-order valence-electron chi connectivity index (χ1n) is 50.5. The number of hydrogen-bond acceptors (Lipinski definition) is 12. The standard InChI is InChI=1S/C35H31N3O.C33H27N3O.C30H29N3O.C29H27N3O/c1-37-34(25-36)31-21-33(39-35(24-31)22-29-9-5-6-10-30(29)23-35)16-13-26-11-14-32(15-12-26)38-19-17-28(18-20-38)27-7-3-2-4-8-27;1-35-31(23-34)28-19-30(37-33(22-28)20-26-8-2-3-9-27(26)21-33)17-14-24-12-15-29(16-13-24)36-18-6-10-25-7-4-5-11-32(25)36;1-32-28(22-31)25-20-27(34-30(21-25)17-5-2-6-18-30)16-13-23-11-14-26(15-12-23)33-19-7-9-24-8-3-4-10-29(24)33;1-31-27(21-30)24-19-26(33-29(20-24)16-4-5-17-29)15-12-22-10-13-25(14-11-22)32-18-6-8-23-7-2-3-9-28(23)32/h2-16,21,28H,17-20,22-24H2;2-5,7-9,11-17,19H,6,10,18,20-22H2;3-4,8,10-16,20H,2,5-7,9,17-19,21H2;2-3,7,9-15,19H,4-6,8,16-18,20H2/b16-13+,34-31+;17-14+,31-28+;16-13+,28-25+;15-12+,27-24+. The first kappa shape index (κ1) is 95.3. The predicted octanol–water partition coefficient (Wildman–Crippen LogP) is 29.5. The molecule has 0 unspecified atom stereocenters. The van der Waals surface area contributed by atoms with E-state index in [1.165, 1.54) is 104 Å². The first-order valence-corrected chi connectivity index (χ1v) is 50.5. The van der Waals surface area contributed by atoms with Crippen molar-refractivity contribution in [3.63, 3.8) is 0 Å². The number of fused-ring (bicyclic) bond motifs is 5. The lowest BCUT2D eigenvalue weighted by atomic mass is 9.78. The molecular weight excluding hydrogens is 1760 g/mol. The minimum atomic E-state index is -0.453. The third-order valence-electron chi connectivity index (χ3n) is 30.0. The van der Waals surface area contributed by atoms with Gasteiger partial charge in [0.2, 0.25) is 0 Å². The molecule has 10 aromatic carbocycles. The summed E-state index contributed by atoms with van der Waals surface area (Å²) in [5, 5.41) is 38.0. The Bertz CT molecular complexity index is 7110. The largest absolute Gasteiger partial charge is 0.487 e. The molecule has 8 aliphatic heterocycles. The van der Waals surface area contributed by atoms with E-state index in [1.54, 1.807) is 0 Å². The molecule has 0 radical (unpaired) electrons. The van der Waals surface area contributed by atoms with Crippen molar-refractivity contribution in [3.05, 3.63) is 478 Å². The number of anilines is 7. The highest BCUT2D eigenvalue weighted by Crippen LogP contribution is 2.50. The summed E-state index contributed by atoms with van der Waals surface area (Å²) in [4.78, 5) is 23.6. The van der Waals surface area contributed by atoms with Crippen LogP contribution in [0, 0.1) is 71.6 Å². The normalized spacial score (nSPS) is 19.9. The molecular formula is C127H114N12O4. The van der Waals surface area contributed by atoms with E-state index in [0.717, 1.165) is 204 Å². The van der Waals surface area contributed by atoms with E-state index in [4.69, 9.17) is 45.2 Å². The topological polar surface area (TPSA) is 162 Å². The maximum atomic E-state index is 9.57. The second kappa shape index (κ2) is 43.8. The number of piperidine rings is 1. The third kappa shape index (κ3) is 22.2. The Labute approximate surface area is 842 Å². The van der Waals surface area contributed by atoms with Crippen LogP contribution in [-0.2, 0) is 63.9 Å². The number of hydrogen-bond donors (Lipinski definition) is 0. The van der Waals surface area contributed by atoms with E-state index in [1.807, 2.05) is 54.7 Å². The molecule has 1 saturated heterocycles. The van der Waals surface area contributed by atoms with Crippen LogP contribution in [0.15, 0.2) is 365 Å². The lowest BCUT2D eigenvalue weighted by Crippen LogP contribution is -2.37. The van der Waals surface area contributed by atoms with Gasteiger partial charge >= 0.3 is 0 Å². The van der Waals surface area contributed by atoms with E-state index in [-0.39, 0.29) is 34.0 Å². The van der Waals surface area contributed by atoms with Crippen LogP contribution in [0.3, 0.4) is 0 Å². The fourth-order valence-electron chi connectivity index (χ4n) is 23.0. The molecule has 12 aliphatic rings. The molecule has 0 amide bonds. The van der Waals surface area contributed by atoms with Crippen LogP contribution < -0.4 is 19.6 Å². The molecule has 0 bridgehead atoms. The molecule has 22 rings (SSSR count). The van der Waals surface area contributed by atoms with Gasteiger partial charge in [0, 0.05) is 124 Å². The summed E-state index contributed by atoms with van der Waals surface area (Å²) in [6, 6.07) is 96.5. The van der Waals surface area contributed by atoms with Crippen LogP contribution in [0.5, 0.6) is 0 Å². The molecule has 2 saturated carbocycles. The maximum absolute atomic E-state index is 9.57. The second-order valence-corrected chi connectivity index (χ2v) is 39.5. The monoisotopic (exact) mass is 1870 g/mol. The quantitative estimate of drug-likeness (QED) is 0.0794. The number of ether oxygens (including phenoxy) is 4. The van der Waals surface area contributed by atoms with Gasteiger partial charge in [-0.2, -0.15) is 0 Å². The summed E-state index contributed by atoms with van der Waals surface area (Å²) in [5.41, 5.74) is 26.3. The number of allylic oxidation sites excluding steroid dienone is 12. The SMILES string of the molecule is [C-]#[N+]/C(C#N)=C1C=C(/C=C/c2ccc(N3CCC(c4ccccc4)CC3)cc2)OC2(C\1)Cc1ccccc1C2.[C-]#[N+]/C(C#N)=C1C=C(/C=C/c2ccc(N3CCCc4ccccc43)cc2)OC2(CCCC2)C\1.[C-]#[N+]/C(C#N)=C1C=C(/C=C/c2ccc(N3CCCc4ccccc43)cc2)OC2(CCCCC2)C\1.[C-]#[N+]/C(C#N)=C1C=C(/C=C/c2ccc(N3CCCc4ccccc43)cc2)OC2(C\1)Cc1ccccc1C2. The average Bonchev–Trinajstić information content (AvgIpc) is 1.58. The van der Waals surface area contributed by atoms with Crippen LogP contribution in [0.25, 0.3) is 43.7 Å². The number of benzene rings is 10. The van der Waals surface area contributed by atoms with E-state index in [2.05, 4.69) is 330 Å². The fraction of sp³-hybridized carbons (Fsp3) is 0.276. The lowest BCUT2D eigenvalue weighted by molar-refractivity contribution is -0.0285. The van der Waals surface area contributed by atoms with Crippen molar-refractivity contribution in [2.75, 3.05) is 52.3 Å². The van der Waals surface area contributed by atoms with Gasteiger partial charge in [-0.15, -0.1) is 0 Å². The van der Waals surface area contributed by atoms with Gasteiger partial charge in [-0.1, -0.05) is 213 Å². The Hall–Kier alpha value is -16.6. The molecule has 16 heteroatoms. The van der Waals surface area contributed by atoms with Crippen molar-refractivity contribution in [3.8, 4) is 24.3 Å². The zero-order valence-electron chi connectivity index (χ0n) is 80.9. The molecule has 10 aromatic rings. The Kier molecular flexibility index (Phi) is 29.2. The highest BCUT2D eigenvalue weighted by molar-refractivity contribution is 5.73. The molecule has 3 fully saturated rings. The zero-order chi connectivity index (χ0) is 98.0. The number of nitriles is 4. The number of rotatable bonds is 13. The number of nitrogens with zero attached hydrogens (tertiary/aromatic N) is 12. The molecule has 8 heterocycles. The van der Waals surface area contributed by atoms with E-state index in [9.17, 15) is 21.0 Å². The summed E-state index contributed by atoms with van der Waals surface area (Å²) in [7, 11) is 0. The van der Waals surface area contributed by atoms with Gasteiger partial charge in [-0.05, 0) is 313 Å². The first-order chi connectivity index (χ1) is 70.2. The third-order valence-corrected chi connectivity index (χ3v) is 30.0. The van der Waals surface area contributed by atoms with Crippen molar-refractivity contribution in [2.45, 2.75) is 189 Å². The van der Waals surface area contributed by atoms with Crippen LogP contribution >= 0.6 is 0 Å². The van der Waals surface area contributed by atoms with Crippen molar-refractivity contribution in [1.29, 1.82) is 21.0 Å². The highest BCUT2D eigenvalue weighted by Gasteiger charge is 2.46. The van der Waals surface area contributed by atoms with Gasteiger partial charge < -0.3 is 38.5 Å². The smallest absolute Gasteiger partial charge is 0.265 e. The van der Waals surface area contributed by atoms with Crippen molar-refractivity contribution in [2.24, 2.45) is 0 Å². The van der Waals surface area contributed by atoms with Crippen LogP contribution in [-0.4, -0.2) is 55.1 Å². The van der Waals surface area contributed by atoms with Crippen LogP contribution in [0.1, 0.15) is 188 Å². The molecule has 4 aliphatic carbocycles. The summed E-state index contributed by atoms with van der Waals surface area (Å²) in [5.74, 6) is 3.52. The van der Waals surface area contributed by atoms with Gasteiger partial charge in [0.1, 0.15) is 45.4 Å². The van der Waals surface area contributed by atoms with Crippen LogP contribution in [0.4, 0.5) is 39.8 Å². The average molecular weight is 1870 g/mol. The zero-order valence-corrected chi connectivity index (χ0v) is 80.9. The molecule has 143 heavy (non-hydrogen) atoms. The van der Waals surface area contributed by atoms with Gasteiger partial charge in [0.25, 0.3) is 22.8 Å². The van der Waals surface area contributed by atoms with Crippen molar-refractivity contribution in [1.82, 2.24) is 0 Å². The summed E-state index contributed by atoms with van der Waals surface area (Å²) in [6.07, 6.45) is 48.1. The van der Waals surface area contributed by atoms with Gasteiger partial charge in [-0.25, -0.2) is 40.4 Å². The minimum absolute atomic E-state index is 0.149. The Morgan fingerprint density at radius 2 is 0.545 bits per heavy atom. The Morgan fingerprint density at radius 1 is 0.280 bits per heavy atom. The van der Waals surface area contributed by atoms with Crippen LogP contribution in [0.2, 0.25) is 0 Å². The molecule has 4 spiro atoms. The summed E-state index contributed by atoms with van der Waals surface area (Å²) in [6.45, 7) is 35.0. The van der Waals surface area contributed by atoms with E-state index in [0.29, 0.717) is 43.1 Å². The van der Waals surface area contributed by atoms with Gasteiger partial charge in [0.15, 0.2) is 0 Å².